The van der Waals surface area contributed by atoms with Crippen molar-refractivity contribution in [2.75, 3.05) is 27.3 Å². The number of aryl methyl sites for hydroxylation is 1. The number of halogens is 1. The van der Waals surface area contributed by atoms with Crippen molar-refractivity contribution in [2.24, 2.45) is 4.99 Å². The number of hydrogen-bond donors (Lipinski definition) is 1. The zero-order valence-corrected chi connectivity index (χ0v) is 19.8. The first-order chi connectivity index (χ1) is 16.9. The Kier molecular flexibility index (Phi) is 5.64. The van der Waals surface area contributed by atoms with Gasteiger partial charge in [-0.1, -0.05) is 18.2 Å². The monoisotopic (exact) mass is 475 g/mol. The van der Waals surface area contributed by atoms with E-state index in [1.807, 2.05) is 47.8 Å². The Hall–Kier alpha value is -3.98. The third-order valence-corrected chi connectivity index (χ3v) is 6.61. The van der Waals surface area contributed by atoms with Gasteiger partial charge >= 0.3 is 0 Å². The van der Waals surface area contributed by atoms with E-state index in [0.29, 0.717) is 30.2 Å². The summed E-state index contributed by atoms with van der Waals surface area (Å²) in [7, 11) is 3.45. The van der Waals surface area contributed by atoms with E-state index < -0.39 is 5.54 Å². The van der Waals surface area contributed by atoms with Crippen LogP contribution in [0.4, 0.5) is 4.39 Å². The second kappa shape index (κ2) is 8.66. The molecule has 0 saturated carbocycles. The zero-order valence-electron chi connectivity index (χ0n) is 19.8. The van der Waals surface area contributed by atoms with E-state index in [2.05, 4.69) is 9.98 Å². The number of aliphatic imine (C=N–C) groups is 1. The molecular formula is C26H26FN5O3. The molecule has 0 aliphatic carbocycles. The van der Waals surface area contributed by atoms with E-state index in [4.69, 9.17) is 4.74 Å². The fourth-order valence-corrected chi connectivity index (χ4v) is 4.69. The number of rotatable bonds is 5. The van der Waals surface area contributed by atoms with Crippen LogP contribution in [0, 0.1) is 12.7 Å². The SMILES string of the molecule is COc1cc(/C=C2\N=C3N(C)CCC(CO)(c4ccc(F)cc4)N3C2=O)ccc1-n1cnc(C)c1. The summed E-state index contributed by atoms with van der Waals surface area (Å²) >= 11 is 0. The van der Waals surface area contributed by atoms with Gasteiger partial charge in [-0.3, -0.25) is 9.69 Å². The molecule has 2 aromatic carbocycles. The van der Waals surface area contributed by atoms with Crippen LogP contribution in [0.15, 0.2) is 65.7 Å². The molecule has 180 valence electrons. The van der Waals surface area contributed by atoms with Crippen molar-refractivity contribution < 1.29 is 19.0 Å². The molecular weight excluding hydrogens is 449 g/mol. The quantitative estimate of drug-likeness (QED) is 0.574. The number of hydrogen-bond acceptors (Lipinski definition) is 6. The Balaban J connectivity index is 1.53. The molecule has 0 spiro atoms. The van der Waals surface area contributed by atoms with Gasteiger partial charge in [0.2, 0.25) is 5.96 Å². The Morgan fingerprint density at radius 3 is 2.66 bits per heavy atom. The maximum Gasteiger partial charge on any atom is 0.280 e. The zero-order chi connectivity index (χ0) is 24.7. The number of ether oxygens (including phenoxy) is 1. The molecule has 1 fully saturated rings. The number of carbonyl (C=O) groups excluding carboxylic acids is 1. The number of fused-ring (bicyclic) bond motifs is 1. The molecule has 0 radical (unpaired) electrons. The van der Waals surface area contributed by atoms with Crippen LogP contribution in [0.2, 0.25) is 0 Å². The van der Waals surface area contributed by atoms with E-state index in [-0.39, 0.29) is 24.0 Å². The van der Waals surface area contributed by atoms with Crippen molar-refractivity contribution in [1.82, 2.24) is 19.4 Å². The number of imidazole rings is 1. The minimum atomic E-state index is -1.02. The number of aromatic nitrogens is 2. The van der Waals surface area contributed by atoms with Gasteiger partial charge in [0.25, 0.3) is 5.91 Å². The van der Waals surface area contributed by atoms with Crippen LogP contribution in [0.5, 0.6) is 5.75 Å². The largest absolute Gasteiger partial charge is 0.495 e. The van der Waals surface area contributed by atoms with Crippen LogP contribution >= 0.6 is 0 Å². The van der Waals surface area contributed by atoms with E-state index in [0.717, 1.165) is 16.9 Å². The Labute approximate surface area is 202 Å². The number of amides is 1. The molecule has 0 bridgehead atoms. The van der Waals surface area contributed by atoms with Crippen LogP contribution in [-0.4, -0.2) is 63.6 Å². The number of guanidine groups is 1. The third kappa shape index (κ3) is 3.77. The number of methoxy groups -OCH3 is 1. The third-order valence-electron chi connectivity index (χ3n) is 6.61. The normalized spacial score (nSPS) is 20.9. The van der Waals surface area contributed by atoms with E-state index >= 15 is 0 Å². The smallest absolute Gasteiger partial charge is 0.280 e. The highest BCUT2D eigenvalue weighted by molar-refractivity contribution is 6.14. The minimum absolute atomic E-state index is 0.252. The highest BCUT2D eigenvalue weighted by Crippen LogP contribution is 2.40. The molecule has 3 aromatic rings. The first-order valence-corrected chi connectivity index (χ1v) is 11.3. The second-order valence-electron chi connectivity index (χ2n) is 8.80. The van der Waals surface area contributed by atoms with E-state index in [1.165, 1.54) is 17.0 Å². The molecule has 1 atom stereocenters. The molecule has 1 aromatic heterocycles. The van der Waals surface area contributed by atoms with E-state index in [1.54, 1.807) is 31.6 Å². The second-order valence-corrected chi connectivity index (χ2v) is 8.80. The number of aliphatic hydroxyl groups excluding tert-OH is 1. The summed E-state index contributed by atoms with van der Waals surface area (Å²) in [5.74, 6) is 0.391. The molecule has 1 unspecified atom stereocenters. The Bertz CT molecular complexity index is 1350. The van der Waals surface area contributed by atoms with Gasteiger partial charge in [0, 0.05) is 19.8 Å². The van der Waals surface area contributed by atoms with E-state index in [9.17, 15) is 14.3 Å². The molecule has 2 aliphatic rings. The lowest BCUT2D eigenvalue weighted by Gasteiger charge is -2.47. The summed E-state index contributed by atoms with van der Waals surface area (Å²) in [6.07, 6.45) is 5.81. The summed E-state index contributed by atoms with van der Waals surface area (Å²) in [5, 5.41) is 10.5. The van der Waals surface area contributed by atoms with Gasteiger partial charge < -0.3 is 19.3 Å². The molecule has 2 aliphatic heterocycles. The van der Waals surface area contributed by atoms with Crippen LogP contribution in [0.1, 0.15) is 23.2 Å². The highest BCUT2D eigenvalue weighted by atomic mass is 19.1. The van der Waals surface area contributed by atoms with Crippen molar-refractivity contribution in [3.05, 3.63) is 83.3 Å². The number of benzene rings is 2. The van der Waals surface area contributed by atoms with Gasteiger partial charge in [-0.25, -0.2) is 14.4 Å². The fourth-order valence-electron chi connectivity index (χ4n) is 4.69. The van der Waals surface area contributed by atoms with Gasteiger partial charge in [-0.15, -0.1) is 0 Å². The number of aliphatic hydroxyl groups is 1. The average Bonchev–Trinajstić information content (AvgIpc) is 3.44. The van der Waals surface area contributed by atoms with Crippen molar-refractivity contribution in [3.8, 4) is 11.4 Å². The van der Waals surface area contributed by atoms with Crippen molar-refractivity contribution >= 4 is 17.9 Å². The van der Waals surface area contributed by atoms with Crippen LogP contribution in [0.25, 0.3) is 11.8 Å². The average molecular weight is 476 g/mol. The highest BCUT2D eigenvalue weighted by Gasteiger charge is 2.51. The first kappa shape index (κ1) is 22.8. The lowest BCUT2D eigenvalue weighted by atomic mass is 9.83. The predicted octanol–water partition coefficient (Wildman–Crippen LogP) is 3.09. The molecule has 9 heteroatoms. The summed E-state index contributed by atoms with van der Waals surface area (Å²) in [4.78, 5) is 26.0. The van der Waals surface area contributed by atoms with Gasteiger partial charge in [0.15, 0.2) is 0 Å². The van der Waals surface area contributed by atoms with Crippen LogP contribution in [0.3, 0.4) is 0 Å². The molecule has 5 rings (SSSR count). The molecule has 1 N–H and O–H groups in total. The van der Waals surface area contributed by atoms with Crippen LogP contribution in [-0.2, 0) is 10.3 Å². The van der Waals surface area contributed by atoms with Crippen molar-refractivity contribution in [3.63, 3.8) is 0 Å². The summed E-state index contributed by atoms with van der Waals surface area (Å²) < 4.78 is 21.1. The Morgan fingerprint density at radius 1 is 1.23 bits per heavy atom. The summed E-state index contributed by atoms with van der Waals surface area (Å²) in [6.45, 7) is 2.19. The molecule has 3 heterocycles. The fraction of sp³-hybridized carbons (Fsp3) is 0.269. The van der Waals surface area contributed by atoms with Crippen LogP contribution < -0.4 is 4.74 Å². The summed E-state index contributed by atoms with van der Waals surface area (Å²) in [6, 6.07) is 11.5. The minimum Gasteiger partial charge on any atom is -0.495 e. The summed E-state index contributed by atoms with van der Waals surface area (Å²) in [5.41, 5.74) is 2.36. The van der Waals surface area contributed by atoms with Gasteiger partial charge in [0.05, 0.1) is 31.4 Å². The molecule has 1 saturated heterocycles. The molecule has 8 nitrogen and oxygen atoms in total. The number of carbonyl (C=O) groups is 1. The first-order valence-electron chi connectivity index (χ1n) is 11.3. The molecule has 1 amide bonds. The van der Waals surface area contributed by atoms with Crippen molar-refractivity contribution in [1.29, 1.82) is 0 Å². The van der Waals surface area contributed by atoms with Gasteiger partial charge in [0.1, 0.15) is 22.8 Å². The lowest BCUT2D eigenvalue weighted by Crippen LogP contribution is -2.61. The molecule has 35 heavy (non-hydrogen) atoms. The maximum absolute atomic E-state index is 13.6. The Morgan fingerprint density at radius 2 is 2.00 bits per heavy atom. The number of nitrogens with zero attached hydrogens (tertiary/aromatic N) is 5. The van der Waals surface area contributed by atoms with Crippen molar-refractivity contribution in [2.45, 2.75) is 18.9 Å². The van der Waals surface area contributed by atoms with Gasteiger partial charge in [-0.05, 0) is 54.8 Å². The standard InChI is InChI=1S/C26H26FN5O3/c1-17-14-31(16-28-17)22-9-4-18(13-23(22)35-3)12-21-24(34)32-25(29-21)30(2)11-10-26(32,15-33)19-5-7-20(27)8-6-19/h4-9,12-14,16,33H,10-11,15H2,1-3H3/b21-12-. The predicted molar refractivity (Wildman–Crippen MR) is 130 cm³/mol. The maximum atomic E-state index is 13.6. The van der Waals surface area contributed by atoms with Gasteiger partial charge in [-0.2, -0.15) is 0 Å². The topological polar surface area (TPSA) is 83.2 Å². The lowest BCUT2D eigenvalue weighted by molar-refractivity contribution is -0.130.